The van der Waals surface area contributed by atoms with Gasteiger partial charge in [-0.1, -0.05) is 43.6 Å². The van der Waals surface area contributed by atoms with Gasteiger partial charge in [0.15, 0.2) is 5.79 Å². The van der Waals surface area contributed by atoms with Gasteiger partial charge < -0.3 is 9.47 Å². The van der Waals surface area contributed by atoms with Crippen molar-refractivity contribution in [2.24, 2.45) is 5.92 Å². The van der Waals surface area contributed by atoms with Crippen LogP contribution in [-0.2, 0) is 9.47 Å². The normalized spacial score (nSPS) is 14.7. The molecule has 0 spiro atoms. The zero-order valence-corrected chi connectivity index (χ0v) is 18.7. The van der Waals surface area contributed by atoms with E-state index in [0.717, 1.165) is 38.2 Å². The molecule has 0 saturated carbocycles. The summed E-state index contributed by atoms with van der Waals surface area (Å²) in [4.78, 5) is 0. The molecule has 2 nitrogen and oxygen atoms in total. The molecule has 0 fully saturated rings. The van der Waals surface area contributed by atoms with Crippen LogP contribution in [0.2, 0.25) is 0 Å². The van der Waals surface area contributed by atoms with Crippen molar-refractivity contribution in [3.63, 3.8) is 0 Å². The van der Waals surface area contributed by atoms with E-state index in [0.29, 0.717) is 5.92 Å². The molecule has 0 aliphatic heterocycles. The number of alkyl halides is 6. The Labute approximate surface area is 176 Å². The minimum absolute atomic E-state index is 0.111. The molecule has 0 heterocycles. The molecule has 0 rings (SSSR count). The summed E-state index contributed by atoms with van der Waals surface area (Å²) < 4.78 is 83.8. The lowest BCUT2D eigenvalue weighted by atomic mass is 10.0. The second-order valence-electron chi connectivity index (χ2n) is 8.41. The number of allylic oxidation sites excluding steroid dienone is 4. The highest BCUT2D eigenvalue weighted by molar-refractivity contribution is 5.03. The zero-order valence-electron chi connectivity index (χ0n) is 18.7. The molecule has 30 heavy (non-hydrogen) atoms. The SMILES string of the molecule is CC(=CCCC(C)(OCC(F)(F)F)OCC(F)(F)F)CCC=C(C)CCCC(C)C. The Hall–Kier alpha value is -1.02. The molecule has 0 atom stereocenters. The van der Waals surface area contributed by atoms with Crippen LogP contribution in [0.25, 0.3) is 0 Å². The molecule has 0 bridgehead atoms. The van der Waals surface area contributed by atoms with Gasteiger partial charge in [0.25, 0.3) is 0 Å². The first-order valence-corrected chi connectivity index (χ1v) is 10.3. The fourth-order valence-electron chi connectivity index (χ4n) is 2.78. The van der Waals surface area contributed by atoms with Gasteiger partial charge in [-0.15, -0.1) is 0 Å². The Kier molecular flexibility index (Phi) is 12.9. The standard InChI is InChI=1S/C22H36F6O2/c1-17(2)9-6-10-18(3)11-7-12-19(4)13-8-14-20(5,29-15-21(23,24)25)30-16-22(26,27)28/h11,13,17H,6-10,12,14-16H2,1-5H3. The Morgan fingerprint density at radius 3 is 1.73 bits per heavy atom. The molecule has 0 aliphatic rings. The molecule has 0 aromatic carbocycles. The molecule has 0 aromatic heterocycles. The molecule has 0 unspecified atom stereocenters. The maximum atomic E-state index is 12.4. The van der Waals surface area contributed by atoms with E-state index >= 15 is 0 Å². The largest absolute Gasteiger partial charge is 0.411 e. The maximum absolute atomic E-state index is 12.4. The van der Waals surface area contributed by atoms with Gasteiger partial charge in [0.1, 0.15) is 13.2 Å². The summed E-state index contributed by atoms with van der Waals surface area (Å²) in [6.45, 7) is 6.17. The predicted octanol–water partition coefficient (Wildman–Crippen LogP) is 8.14. The summed E-state index contributed by atoms with van der Waals surface area (Å²) in [5.41, 5.74) is 2.35. The van der Waals surface area contributed by atoms with Crippen molar-refractivity contribution in [3.8, 4) is 0 Å². The molecule has 8 heteroatoms. The van der Waals surface area contributed by atoms with Crippen LogP contribution in [-0.4, -0.2) is 31.4 Å². The average molecular weight is 447 g/mol. The Morgan fingerprint density at radius 2 is 1.27 bits per heavy atom. The highest BCUT2D eigenvalue weighted by Gasteiger charge is 2.38. The van der Waals surface area contributed by atoms with Crippen molar-refractivity contribution in [3.05, 3.63) is 23.3 Å². The molecule has 0 amide bonds. The molecule has 0 N–H and O–H groups in total. The smallest absolute Gasteiger partial charge is 0.341 e. The fourth-order valence-corrected chi connectivity index (χ4v) is 2.78. The summed E-state index contributed by atoms with van der Waals surface area (Å²) in [7, 11) is 0. The van der Waals surface area contributed by atoms with E-state index in [1.807, 2.05) is 13.0 Å². The Balaban J connectivity index is 4.57. The molecule has 0 aliphatic carbocycles. The molecular formula is C22H36F6O2. The second-order valence-corrected chi connectivity index (χ2v) is 8.41. The first-order valence-electron chi connectivity index (χ1n) is 10.3. The van der Waals surface area contributed by atoms with Gasteiger partial charge in [-0.25, -0.2) is 0 Å². The van der Waals surface area contributed by atoms with Gasteiger partial charge in [0, 0.05) is 6.42 Å². The van der Waals surface area contributed by atoms with E-state index in [9.17, 15) is 26.3 Å². The average Bonchev–Trinajstić information content (AvgIpc) is 2.57. The summed E-state index contributed by atoms with van der Waals surface area (Å²) >= 11 is 0. The van der Waals surface area contributed by atoms with Crippen LogP contribution in [0, 0.1) is 5.92 Å². The van der Waals surface area contributed by atoms with Crippen LogP contribution >= 0.6 is 0 Å². The van der Waals surface area contributed by atoms with Gasteiger partial charge in [-0.3, -0.25) is 0 Å². The Morgan fingerprint density at radius 1 is 0.800 bits per heavy atom. The quantitative estimate of drug-likeness (QED) is 0.152. The molecule has 0 aromatic rings. The van der Waals surface area contributed by atoms with Gasteiger partial charge >= 0.3 is 12.4 Å². The van der Waals surface area contributed by atoms with Crippen molar-refractivity contribution in [1.29, 1.82) is 0 Å². The van der Waals surface area contributed by atoms with Crippen molar-refractivity contribution in [2.75, 3.05) is 13.2 Å². The first kappa shape index (κ1) is 29.0. The third-order valence-electron chi connectivity index (χ3n) is 4.56. The van der Waals surface area contributed by atoms with E-state index in [4.69, 9.17) is 0 Å². The Bertz CT molecular complexity index is 515. The summed E-state index contributed by atoms with van der Waals surface area (Å²) in [6.07, 6.45) is -0.106. The highest BCUT2D eigenvalue weighted by atomic mass is 19.4. The predicted molar refractivity (Wildman–Crippen MR) is 107 cm³/mol. The van der Waals surface area contributed by atoms with E-state index in [-0.39, 0.29) is 12.8 Å². The van der Waals surface area contributed by atoms with Crippen LogP contribution in [0.4, 0.5) is 26.3 Å². The zero-order chi connectivity index (χ0) is 23.4. The minimum atomic E-state index is -4.64. The molecule has 178 valence electrons. The van der Waals surface area contributed by atoms with Gasteiger partial charge in [-0.05, 0) is 58.8 Å². The second kappa shape index (κ2) is 13.4. The lowest BCUT2D eigenvalue weighted by molar-refractivity contribution is -0.305. The maximum Gasteiger partial charge on any atom is 0.411 e. The third-order valence-corrected chi connectivity index (χ3v) is 4.56. The topological polar surface area (TPSA) is 18.5 Å². The van der Waals surface area contributed by atoms with Crippen molar-refractivity contribution < 1.29 is 35.8 Å². The number of halogens is 6. The minimum Gasteiger partial charge on any atom is -0.341 e. The van der Waals surface area contributed by atoms with Crippen LogP contribution in [0.1, 0.15) is 79.6 Å². The molecular weight excluding hydrogens is 410 g/mol. The first-order chi connectivity index (χ1) is 13.6. The van der Waals surface area contributed by atoms with E-state index < -0.39 is 31.4 Å². The van der Waals surface area contributed by atoms with Crippen molar-refractivity contribution >= 4 is 0 Å². The number of rotatable bonds is 14. The van der Waals surface area contributed by atoms with Crippen LogP contribution in [0.3, 0.4) is 0 Å². The van der Waals surface area contributed by atoms with Gasteiger partial charge in [-0.2, -0.15) is 26.3 Å². The molecule has 0 radical (unpaired) electrons. The lowest BCUT2D eigenvalue weighted by Gasteiger charge is -2.30. The third kappa shape index (κ3) is 17.8. The summed E-state index contributed by atoms with van der Waals surface area (Å²) in [5.74, 6) is -1.27. The summed E-state index contributed by atoms with van der Waals surface area (Å²) in [6, 6.07) is 0. The summed E-state index contributed by atoms with van der Waals surface area (Å²) in [5, 5.41) is 0. The number of hydrogen-bond acceptors (Lipinski definition) is 2. The van der Waals surface area contributed by atoms with Gasteiger partial charge in [0.05, 0.1) is 0 Å². The van der Waals surface area contributed by atoms with E-state index in [1.165, 1.54) is 12.0 Å². The van der Waals surface area contributed by atoms with Crippen LogP contribution in [0.5, 0.6) is 0 Å². The monoisotopic (exact) mass is 446 g/mol. The number of ether oxygens (including phenoxy) is 2. The fraction of sp³-hybridized carbons (Fsp3) is 0.818. The highest BCUT2D eigenvalue weighted by Crippen LogP contribution is 2.28. The van der Waals surface area contributed by atoms with Crippen LogP contribution < -0.4 is 0 Å². The lowest BCUT2D eigenvalue weighted by Crippen LogP contribution is -2.39. The molecule has 0 saturated heterocycles. The van der Waals surface area contributed by atoms with E-state index in [1.54, 1.807) is 0 Å². The van der Waals surface area contributed by atoms with E-state index in [2.05, 4.69) is 36.3 Å². The van der Waals surface area contributed by atoms with Crippen LogP contribution in [0.15, 0.2) is 23.3 Å². The number of hydrogen-bond donors (Lipinski definition) is 0. The van der Waals surface area contributed by atoms with Crippen molar-refractivity contribution in [2.45, 2.75) is 97.7 Å². The van der Waals surface area contributed by atoms with Gasteiger partial charge in [0.2, 0.25) is 0 Å². The van der Waals surface area contributed by atoms with Crippen molar-refractivity contribution in [1.82, 2.24) is 0 Å².